The standard InChI is InChI=1S/C14H19FN2O2/c1-2-16-13-11(6-3-7-12(13)15)14(18)17-10-5-4-8-19-9-10/h3,6-7,10,16H,2,4-5,8-9H2,1H3,(H,17,18). The average molecular weight is 266 g/mol. The monoisotopic (exact) mass is 266 g/mol. The van der Waals surface area contributed by atoms with E-state index in [9.17, 15) is 9.18 Å². The summed E-state index contributed by atoms with van der Waals surface area (Å²) in [5.41, 5.74) is 0.603. The van der Waals surface area contributed by atoms with Gasteiger partial charge < -0.3 is 15.4 Å². The third kappa shape index (κ3) is 3.44. The molecule has 1 aromatic rings. The first-order valence-corrected chi connectivity index (χ1v) is 6.63. The van der Waals surface area contributed by atoms with Crippen molar-refractivity contribution < 1.29 is 13.9 Å². The van der Waals surface area contributed by atoms with E-state index in [2.05, 4.69) is 10.6 Å². The summed E-state index contributed by atoms with van der Waals surface area (Å²) in [5.74, 6) is -0.666. The van der Waals surface area contributed by atoms with Crippen LogP contribution < -0.4 is 10.6 Å². The fourth-order valence-corrected chi connectivity index (χ4v) is 2.19. The smallest absolute Gasteiger partial charge is 0.253 e. The highest BCUT2D eigenvalue weighted by Gasteiger charge is 2.20. The van der Waals surface area contributed by atoms with Gasteiger partial charge in [0.1, 0.15) is 5.82 Å². The minimum absolute atomic E-state index is 0.0130. The second kappa shape index (κ2) is 6.52. The van der Waals surface area contributed by atoms with Gasteiger partial charge in [-0.3, -0.25) is 4.79 Å². The maximum absolute atomic E-state index is 13.7. The van der Waals surface area contributed by atoms with Crippen molar-refractivity contribution in [1.29, 1.82) is 0 Å². The number of para-hydroxylation sites is 1. The Hall–Kier alpha value is -1.62. The molecular formula is C14H19FN2O2. The molecule has 0 spiro atoms. The molecule has 104 valence electrons. The summed E-state index contributed by atoms with van der Waals surface area (Å²) in [4.78, 5) is 12.2. The molecule has 1 heterocycles. The number of ether oxygens (including phenoxy) is 1. The van der Waals surface area contributed by atoms with Crippen molar-refractivity contribution in [3.8, 4) is 0 Å². The van der Waals surface area contributed by atoms with Crippen LogP contribution in [-0.4, -0.2) is 31.7 Å². The molecule has 1 unspecified atom stereocenters. The van der Waals surface area contributed by atoms with Crippen molar-refractivity contribution in [2.75, 3.05) is 25.1 Å². The van der Waals surface area contributed by atoms with Gasteiger partial charge in [-0.05, 0) is 31.9 Å². The van der Waals surface area contributed by atoms with E-state index < -0.39 is 5.82 Å². The van der Waals surface area contributed by atoms with Crippen LogP contribution in [0.3, 0.4) is 0 Å². The highest BCUT2D eigenvalue weighted by Crippen LogP contribution is 2.20. The molecule has 0 saturated carbocycles. The van der Waals surface area contributed by atoms with Crippen LogP contribution in [0.25, 0.3) is 0 Å². The molecular weight excluding hydrogens is 247 g/mol. The largest absolute Gasteiger partial charge is 0.382 e. The first-order valence-electron chi connectivity index (χ1n) is 6.63. The van der Waals surface area contributed by atoms with Crippen LogP contribution in [0, 0.1) is 5.82 Å². The summed E-state index contributed by atoms with van der Waals surface area (Å²) in [5, 5.41) is 5.79. The Morgan fingerprint density at radius 1 is 1.53 bits per heavy atom. The molecule has 5 heteroatoms. The number of anilines is 1. The number of carbonyl (C=O) groups excluding carboxylic acids is 1. The van der Waals surface area contributed by atoms with Gasteiger partial charge >= 0.3 is 0 Å². The lowest BCUT2D eigenvalue weighted by molar-refractivity contribution is 0.0624. The first-order chi connectivity index (χ1) is 9.22. The predicted molar refractivity (Wildman–Crippen MR) is 71.9 cm³/mol. The molecule has 0 bridgehead atoms. The van der Waals surface area contributed by atoms with Crippen LogP contribution in [0.2, 0.25) is 0 Å². The van der Waals surface area contributed by atoms with Crippen LogP contribution in [0.4, 0.5) is 10.1 Å². The fraction of sp³-hybridized carbons (Fsp3) is 0.500. The zero-order chi connectivity index (χ0) is 13.7. The molecule has 2 rings (SSSR count). The number of amides is 1. The SMILES string of the molecule is CCNc1c(F)cccc1C(=O)NC1CCCOC1. The van der Waals surface area contributed by atoms with Gasteiger partial charge in [0.25, 0.3) is 5.91 Å². The highest BCUT2D eigenvalue weighted by molar-refractivity contribution is 5.99. The molecule has 1 fully saturated rings. The summed E-state index contributed by atoms with van der Waals surface area (Å²) in [6.45, 7) is 3.70. The third-order valence-corrected chi connectivity index (χ3v) is 3.11. The van der Waals surface area contributed by atoms with Crippen LogP contribution in [0.1, 0.15) is 30.1 Å². The van der Waals surface area contributed by atoms with E-state index in [-0.39, 0.29) is 17.6 Å². The number of carbonyl (C=O) groups is 1. The fourth-order valence-electron chi connectivity index (χ4n) is 2.19. The van der Waals surface area contributed by atoms with E-state index in [1.807, 2.05) is 6.92 Å². The van der Waals surface area contributed by atoms with Gasteiger partial charge in [0, 0.05) is 13.2 Å². The summed E-state index contributed by atoms with van der Waals surface area (Å²) in [6, 6.07) is 4.53. The number of hydrogen-bond donors (Lipinski definition) is 2. The molecule has 1 aliphatic rings. The molecule has 0 aromatic heterocycles. The molecule has 0 aliphatic carbocycles. The number of rotatable bonds is 4. The molecule has 1 saturated heterocycles. The lowest BCUT2D eigenvalue weighted by atomic mass is 10.1. The Balaban J connectivity index is 2.11. The summed E-state index contributed by atoms with van der Waals surface area (Å²) in [7, 11) is 0. The quantitative estimate of drug-likeness (QED) is 0.878. The van der Waals surface area contributed by atoms with Crippen LogP contribution in [0.15, 0.2) is 18.2 Å². The molecule has 1 aromatic carbocycles. The van der Waals surface area contributed by atoms with E-state index in [1.165, 1.54) is 6.07 Å². The molecule has 0 radical (unpaired) electrons. The normalized spacial score (nSPS) is 18.9. The predicted octanol–water partition coefficient (Wildman–Crippen LogP) is 2.17. The van der Waals surface area contributed by atoms with Gasteiger partial charge in [0.05, 0.1) is 23.9 Å². The maximum Gasteiger partial charge on any atom is 0.253 e. The Kier molecular flexibility index (Phi) is 4.74. The number of halogens is 1. The van der Waals surface area contributed by atoms with Crippen molar-refractivity contribution in [1.82, 2.24) is 5.32 Å². The Morgan fingerprint density at radius 2 is 2.37 bits per heavy atom. The van der Waals surface area contributed by atoms with Crippen molar-refractivity contribution >= 4 is 11.6 Å². The lowest BCUT2D eigenvalue weighted by Crippen LogP contribution is -2.40. The van der Waals surface area contributed by atoms with E-state index in [1.54, 1.807) is 12.1 Å². The summed E-state index contributed by atoms with van der Waals surface area (Å²) in [6.07, 6.45) is 1.84. The van der Waals surface area contributed by atoms with Gasteiger partial charge in [-0.1, -0.05) is 6.07 Å². The van der Waals surface area contributed by atoms with Crippen molar-refractivity contribution in [3.63, 3.8) is 0 Å². The molecule has 1 atom stereocenters. The van der Waals surface area contributed by atoms with Crippen LogP contribution >= 0.6 is 0 Å². The Bertz CT molecular complexity index is 445. The van der Waals surface area contributed by atoms with Crippen molar-refractivity contribution in [2.45, 2.75) is 25.8 Å². The minimum Gasteiger partial charge on any atom is -0.382 e. The number of nitrogens with one attached hydrogen (secondary N) is 2. The van der Waals surface area contributed by atoms with Gasteiger partial charge in [0.2, 0.25) is 0 Å². The van der Waals surface area contributed by atoms with E-state index in [4.69, 9.17) is 4.74 Å². The molecule has 1 aliphatic heterocycles. The van der Waals surface area contributed by atoms with E-state index in [0.29, 0.717) is 18.7 Å². The minimum atomic E-state index is -0.408. The average Bonchev–Trinajstić information content (AvgIpc) is 2.42. The second-order valence-electron chi connectivity index (χ2n) is 4.58. The topological polar surface area (TPSA) is 50.4 Å². The molecule has 1 amide bonds. The van der Waals surface area contributed by atoms with Crippen molar-refractivity contribution in [3.05, 3.63) is 29.6 Å². The third-order valence-electron chi connectivity index (χ3n) is 3.11. The van der Waals surface area contributed by atoms with Crippen molar-refractivity contribution in [2.24, 2.45) is 0 Å². The lowest BCUT2D eigenvalue weighted by Gasteiger charge is -2.23. The Morgan fingerprint density at radius 3 is 3.05 bits per heavy atom. The van der Waals surface area contributed by atoms with Gasteiger partial charge in [-0.25, -0.2) is 4.39 Å². The Labute approximate surface area is 112 Å². The van der Waals surface area contributed by atoms with Gasteiger partial charge in [-0.15, -0.1) is 0 Å². The molecule has 2 N–H and O–H groups in total. The summed E-state index contributed by atoms with van der Waals surface area (Å²) >= 11 is 0. The zero-order valence-corrected chi connectivity index (χ0v) is 11.0. The zero-order valence-electron chi connectivity index (χ0n) is 11.0. The van der Waals surface area contributed by atoms with Crippen LogP contribution in [0.5, 0.6) is 0 Å². The highest BCUT2D eigenvalue weighted by atomic mass is 19.1. The maximum atomic E-state index is 13.7. The van der Waals surface area contributed by atoms with E-state index >= 15 is 0 Å². The first kappa shape index (κ1) is 13.8. The molecule has 19 heavy (non-hydrogen) atoms. The molecule has 4 nitrogen and oxygen atoms in total. The number of benzene rings is 1. The van der Waals surface area contributed by atoms with E-state index in [0.717, 1.165) is 19.4 Å². The second-order valence-corrected chi connectivity index (χ2v) is 4.58. The van der Waals surface area contributed by atoms with Gasteiger partial charge in [0.15, 0.2) is 0 Å². The van der Waals surface area contributed by atoms with Crippen LogP contribution in [-0.2, 0) is 4.74 Å². The van der Waals surface area contributed by atoms with Gasteiger partial charge in [-0.2, -0.15) is 0 Å². The summed E-state index contributed by atoms with van der Waals surface area (Å²) < 4.78 is 19.0. The number of hydrogen-bond acceptors (Lipinski definition) is 3.